The van der Waals surface area contributed by atoms with Gasteiger partial charge in [0.1, 0.15) is 22.7 Å². The first-order valence-corrected chi connectivity index (χ1v) is 9.22. The lowest BCUT2D eigenvalue weighted by molar-refractivity contribution is 0.0528. The normalized spacial score (nSPS) is 10.7. The number of carbonyl (C=O) groups is 1. The van der Waals surface area contributed by atoms with Gasteiger partial charge in [-0.3, -0.25) is 0 Å². The molecule has 0 fully saturated rings. The summed E-state index contributed by atoms with van der Waals surface area (Å²) in [4.78, 5) is 14.8. The van der Waals surface area contributed by atoms with Crippen molar-refractivity contribution in [2.45, 2.75) is 13.5 Å². The van der Waals surface area contributed by atoms with Crippen molar-refractivity contribution in [3.8, 4) is 28.6 Å². The summed E-state index contributed by atoms with van der Waals surface area (Å²) in [6.45, 7) is 2.40. The van der Waals surface area contributed by atoms with Crippen molar-refractivity contribution in [3.05, 3.63) is 41.5 Å². The summed E-state index contributed by atoms with van der Waals surface area (Å²) in [5.41, 5.74) is 2.01. The van der Waals surface area contributed by atoms with Crippen LogP contribution in [0.25, 0.3) is 22.3 Å². The van der Waals surface area contributed by atoms with Crippen LogP contribution in [0.5, 0.6) is 17.2 Å². The molecule has 7 nitrogen and oxygen atoms in total. The second-order valence-electron chi connectivity index (χ2n) is 6.77. The van der Waals surface area contributed by atoms with E-state index in [-0.39, 0.29) is 30.3 Å². The number of rotatable bonds is 7. The molecular formula is C22H26ClNO6. The van der Waals surface area contributed by atoms with Crippen LogP contribution in [-0.4, -0.2) is 50.9 Å². The van der Waals surface area contributed by atoms with Crippen molar-refractivity contribution in [1.82, 2.24) is 4.90 Å². The van der Waals surface area contributed by atoms with E-state index in [1.165, 1.54) is 0 Å². The molecule has 0 spiro atoms. The van der Waals surface area contributed by atoms with Gasteiger partial charge in [-0.1, -0.05) is 0 Å². The molecule has 0 aliphatic rings. The highest BCUT2D eigenvalue weighted by molar-refractivity contribution is 6.10. The molecular weight excluding hydrogens is 410 g/mol. The number of hydrogen-bond donors (Lipinski definition) is 1. The Balaban J connectivity index is 0.00000320. The van der Waals surface area contributed by atoms with Gasteiger partial charge in [-0.2, -0.15) is 0 Å². The number of benzene rings is 2. The van der Waals surface area contributed by atoms with Gasteiger partial charge >= 0.3 is 5.97 Å². The molecule has 1 N–H and O–H groups in total. The maximum absolute atomic E-state index is 12.9. The van der Waals surface area contributed by atoms with Crippen LogP contribution in [-0.2, 0) is 11.3 Å². The molecule has 1 aromatic heterocycles. The minimum atomic E-state index is -0.512. The second kappa shape index (κ2) is 9.73. The van der Waals surface area contributed by atoms with Crippen molar-refractivity contribution >= 4 is 29.3 Å². The fraction of sp³-hybridized carbons (Fsp3) is 0.318. The van der Waals surface area contributed by atoms with Crippen molar-refractivity contribution in [2.75, 3.05) is 34.9 Å². The molecule has 0 saturated heterocycles. The molecule has 0 aliphatic heterocycles. The summed E-state index contributed by atoms with van der Waals surface area (Å²) in [7, 11) is 6.87. The molecule has 8 heteroatoms. The number of phenolic OH excluding ortho intramolecular Hbond substituents is 1. The SMILES string of the molecule is CCOC(=O)c1c(-c2ccc(OC)c(OC)c2)oc2ccc(O)c(CN(C)C)c12.Cl. The van der Waals surface area contributed by atoms with Crippen LogP contribution in [0, 0.1) is 0 Å². The Bertz CT molecular complexity index is 1040. The molecule has 3 aromatic rings. The smallest absolute Gasteiger partial charge is 0.342 e. The van der Waals surface area contributed by atoms with Gasteiger partial charge in [-0.25, -0.2) is 4.79 Å². The van der Waals surface area contributed by atoms with Gasteiger partial charge in [0.15, 0.2) is 11.5 Å². The van der Waals surface area contributed by atoms with Crippen LogP contribution in [0.1, 0.15) is 22.8 Å². The highest BCUT2D eigenvalue weighted by atomic mass is 35.5. The predicted molar refractivity (Wildman–Crippen MR) is 117 cm³/mol. The zero-order valence-electron chi connectivity index (χ0n) is 17.6. The largest absolute Gasteiger partial charge is 0.508 e. The van der Waals surface area contributed by atoms with E-state index in [1.54, 1.807) is 51.5 Å². The second-order valence-corrected chi connectivity index (χ2v) is 6.77. The molecule has 0 bridgehead atoms. The maximum atomic E-state index is 12.9. The number of esters is 1. The summed E-state index contributed by atoms with van der Waals surface area (Å²) >= 11 is 0. The average molecular weight is 436 g/mol. The van der Waals surface area contributed by atoms with E-state index in [9.17, 15) is 9.90 Å². The number of fused-ring (bicyclic) bond motifs is 1. The molecule has 30 heavy (non-hydrogen) atoms. The first kappa shape index (κ1) is 23.4. The van der Waals surface area contributed by atoms with Crippen LogP contribution in [0.4, 0.5) is 0 Å². The van der Waals surface area contributed by atoms with E-state index in [1.807, 2.05) is 19.0 Å². The number of phenols is 1. The van der Waals surface area contributed by atoms with Crippen molar-refractivity contribution in [2.24, 2.45) is 0 Å². The van der Waals surface area contributed by atoms with Crippen molar-refractivity contribution in [1.29, 1.82) is 0 Å². The Morgan fingerprint density at radius 1 is 1.10 bits per heavy atom. The quantitative estimate of drug-likeness (QED) is 0.548. The molecule has 2 aromatic carbocycles. The van der Waals surface area contributed by atoms with Crippen LogP contribution in [0.15, 0.2) is 34.7 Å². The van der Waals surface area contributed by atoms with Gasteiger partial charge in [0.05, 0.1) is 20.8 Å². The topological polar surface area (TPSA) is 81.4 Å². The van der Waals surface area contributed by atoms with E-state index >= 15 is 0 Å². The lowest BCUT2D eigenvalue weighted by atomic mass is 10.0. The number of ether oxygens (including phenoxy) is 3. The van der Waals surface area contributed by atoms with Gasteiger partial charge in [0, 0.05) is 23.1 Å². The fourth-order valence-corrected chi connectivity index (χ4v) is 3.30. The molecule has 0 saturated carbocycles. The monoisotopic (exact) mass is 435 g/mol. The van der Waals surface area contributed by atoms with Crippen LogP contribution in [0.2, 0.25) is 0 Å². The van der Waals surface area contributed by atoms with E-state index in [4.69, 9.17) is 18.6 Å². The van der Waals surface area contributed by atoms with E-state index < -0.39 is 5.97 Å². The molecule has 0 aliphatic carbocycles. The summed E-state index contributed by atoms with van der Waals surface area (Å²) in [5.74, 6) is 1.01. The average Bonchev–Trinajstić information content (AvgIpc) is 3.09. The third kappa shape index (κ3) is 4.32. The Hall–Kier alpha value is -2.90. The zero-order valence-corrected chi connectivity index (χ0v) is 18.5. The van der Waals surface area contributed by atoms with Crippen LogP contribution < -0.4 is 9.47 Å². The molecule has 162 valence electrons. The number of furan rings is 1. The van der Waals surface area contributed by atoms with Gasteiger partial charge in [0.2, 0.25) is 0 Å². The Kier molecular flexibility index (Phi) is 7.59. The van der Waals surface area contributed by atoms with Gasteiger partial charge < -0.3 is 28.6 Å². The summed E-state index contributed by atoms with van der Waals surface area (Å²) < 4.78 is 22.1. The number of nitrogens with zero attached hydrogens (tertiary/aromatic N) is 1. The minimum absolute atomic E-state index is 0. The van der Waals surface area contributed by atoms with Gasteiger partial charge in [-0.05, 0) is 51.4 Å². The third-order valence-corrected chi connectivity index (χ3v) is 4.54. The first-order valence-electron chi connectivity index (χ1n) is 9.22. The number of carbonyl (C=O) groups excluding carboxylic acids is 1. The standard InChI is InChI=1S/C22H25NO6.ClH/c1-6-28-22(25)20-19-14(12-23(2)3)15(24)8-10-17(19)29-21(20)13-7-9-16(26-4)18(11-13)27-5;/h7-11,24H,6,12H2,1-5H3;1H. The number of aromatic hydroxyl groups is 1. The molecule has 0 amide bonds. The lowest BCUT2D eigenvalue weighted by Crippen LogP contribution is -2.12. The van der Waals surface area contributed by atoms with Gasteiger partial charge in [0.25, 0.3) is 0 Å². The van der Waals surface area contributed by atoms with Crippen molar-refractivity contribution < 1.29 is 28.5 Å². The van der Waals surface area contributed by atoms with E-state index in [0.717, 1.165) is 0 Å². The number of methoxy groups -OCH3 is 2. The number of hydrogen-bond acceptors (Lipinski definition) is 7. The fourth-order valence-electron chi connectivity index (χ4n) is 3.30. The third-order valence-electron chi connectivity index (χ3n) is 4.54. The predicted octanol–water partition coefficient (Wildman–Crippen LogP) is 4.48. The lowest BCUT2D eigenvalue weighted by Gasteiger charge is -2.13. The highest BCUT2D eigenvalue weighted by Crippen LogP contribution is 2.41. The minimum Gasteiger partial charge on any atom is -0.508 e. The first-order chi connectivity index (χ1) is 13.9. The Labute approximate surface area is 181 Å². The van der Waals surface area contributed by atoms with Crippen LogP contribution >= 0.6 is 12.4 Å². The highest BCUT2D eigenvalue weighted by Gasteiger charge is 2.27. The zero-order chi connectivity index (χ0) is 21.1. The summed E-state index contributed by atoms with van der Waals surface area (Å²) in [6, 6.07) is 8.49. The molecule has 1 heterocycles. The molecule has 0 atom stereocenters. The van der Waals surface area contributed by atoms with Crippen LogP contribution in [0.3, 0.4) is 0 Å². The number of halogens is 1. The molecule has 3 rings (SSSR count). The molecule has 0 unspecified atom stereocenters. The van der Waals surface area contributed by atoms with E-state index in [2.05, 4.69) is 0 Å². The molecule has 0 radical (unpaired) electrons. The van der Waals surface area contributed by atoms with Gasteiger partial charge in [-0.15, -0.1) is 12.4 Å². The summed E-state index contributed by atoms with van der Waals surface area (Å²) in [5, 5.41) is 11.0. The van der Waals surface area contributed by atoms with E-state index in [0.29, 0.717) is 45.9 Å². The Morgan fingerprint density at radius 3 is 2.40 bits per heavy atom. The Morgan fingerprint density at radius 2 is 1.80 bits per heavy atom. The summed E-state index contributed by atoms with van der Waals surface area (Å²) in [6.07, 6.45) is 0. The maximum Gasteiger partial charge on any atom is 0.342 e. The van der Waals surface area contributed by atoms with Crippen molar-refractivity contribution in [3.63, 3.8) is 0 Å².